The molecule has 0 radical (unpaired) electrons. The van der Waals surface area contributed by atoms with Crippen LogP contribution in [0.2, 0.25) is 0 Å². The number of phenolic OH excluding ortho intramolecular Hbond substituents is 1. The number of ether oxygens (including phenoxy) is 1. The van der Waals surface area contributed by atoms with E-state index in [4.69, 9.17) is 10.5 Å². The lowest BCUT2D eigenvalue weighted by atomic mass is 9.50. The predicted molar refractivity (Wildman–Crippen MR) is 112 cm³/mol. The number of aromatic hydroxyl groups is 1. The highest BCUT2D eigenvalue weighted by atomic mass is 16.5. The zero-order chi connectivity index (χ0) is 24.7. The summed E-state index contributed by atoms with van der Waals surface area (Å²) in [5, 5.41) is 33.1. The number of rotatable bonds is 2. The van der Waals surface area contributed by atoms with Gasteiger partial charge in [0.05, 0.1) is 23.8 Å². The Labute approximate surface area is 193 Å². The van der Waals surface area contributed by atoms with Crippen LogP contribution in [0.5, 0.6) is 5.75 Å². The molecule has 2 fully saturated rings. The second-order valence-corrected chi connectivity index (χ2v) is 9.50. The number of hydrogen-bond acceptors (Lipinski definition) is 9. The molecule has 2 saturated carbocycles. The smallest absolute Gasteiger partial charge is 0.235 e. The summed E-state index contributed by atoms with van der Waals surface area (Å²) in [5.41, 5.74) is 3.14. The predicted octanol–water partition coefficient (Wildman–Crippen LogP) is -0.166. The Kier molecular flexibility index (Phi) is 4.82. The fourth-order valence-corrected chi connectivity index (χ4v) is 6.33. The highest BCUT2D eigenvalue weighted by Crippen LogP contribution is 2.55. The molecule has 3 unspecified atom stereocenters. The van der Waals surface area contributed by atoms with E-state index in [1.807, 2.05) is 0 Å². The lowest BCUT2D eigenvalue weighted by molar-refractivity contribution is -0.189. The monoisotopic (exact) mass is 469 g/mol. The van der Waals surface area contributed by atoms with Crippen LogP contribution >= 0.6 is 0 Å². The second kappa shape index (κ2) is 7.31. The normalized spacial score (nSPS) is 38.7. The van der Waals surface area contributed by atoms with Crippen molar-refractivity contribution < 1.29 is 44.0 Å². The van der Waals surface area contributed by atoms with Gasteiger partial charge in [0.1, 0.15) is 11.9 Å². The average molecular weight is 469 g/mol. The molecule has 0 saturated heterocycles. The largest absolute Gasteiger partial charge is 0.507 e. The zero-order valence-electron chi connectivity index (χ0n) is 18.1. The van der Waals surface area contributed by atoms with Gasteiger partial charge >= 0.3 is 0 Å². The van der Waals surface area contributed by atoms with Crippen LogP contribution in [-0.4, -0.2) is 56.1 Å². The zero-order valence-corrected chi connectivity index (χ0v) is 18.1. The molecule has 34 heavy (non-hydrogen) atoms. The minimum absolute atomic E-state index is 0.130. The number of aliphatic hydroxyl groups excluding tert-OH is 1. The van der Waals surface area contributed by atoms with Gasteiger partial charge in [-0.25, -0.2) is 0 Å². The Balaban J connectivity index is 1.67. The van der Waals surface area contributed by atoms with Gasteiger partial charge in [0.2, 0.25) is 5.91 Å². The first-order valence-corrected chi connectivity index (χ1v) is 11.0. The van der Waals surface area contributed by atoms with Gasteiger partial charge in [-0.3, -0.25) is 24.0 Å². The van der Waals surface area contributed by atoms with E-state index in [1.165, 1.54) is 12.3 Å². The average Bonchev–Trinajstić information content (AvgIpc) is 3.31. The quantitative estimate of drug-likeness (QED) is 0.428. The van der Waals surface area contributed by atoms with E-state index >= 15 is 0 Å². The van der Waals surface area contributed by atoms with Crippen molar-refractivity contribution in [2.24, 2.45) is 29.4 Å². The van der Waals surface area contributed by atoms with Crippen molar-refractivity contribution in [1.82, 2.24) is 0 Å². The van der Waals surface area contributed by atoms with Gasteiger partial charge in [-0.15, -0.1) is 0 Å². The number of primary amides is 1. The first-order valence-electron chi connectivity index (χ1n) is 11.0. The number of carbonyl (C=O) groups is 5. The number of nitrogens with two attached hydrogens (primary N) is 1. The fourth-order valence-electron chi connectivity index (χ4n) is 6.33. The van der Waals surface area contributed by atoms with E-state index < -0.39 is 82.9 Å². The summed E-state index contributed by atoms with van der Waals surface area (Å²) >= 11 is 0. The third kappa shape index (κ3) is 2.66. The molecular weight excluding hydrogens is 446 g/mol. The van der Waals surface area contributed by atoms with Crippen LogP contribution < -0.4 is 5.73 Å². The molecule has 1 heterocycles. The Hall–Kier alpha value is -3.37. The summed E-state index contributed by atoms with van der Waals surface area (Å²) in [4.78, 5) is 64.4. The van der Waals surface area contributed by atoms with E-state index in [9.17, 15) is 39.3 Å². The Morgan fingerprint density at radius 3 is 2.50 bits per heavy atom. The summed E-state index contributed by atoms with van der Waals surface area (Å²) < 4.78 is 5.60. The van der Waals surface area contributed by atoms with Gasteiger partial charge in [0, 0.05) is 24.7 Å². The number of ketones is 4. The molecular formula is C24H23NO9. The van der Waals surface area contributed by atoms with Crippen molar-refractivity contribution in [2.75, 3.05) is 0 Å². The van der Waals surface area contributed by atoms with Crippen molar-refractivity contribution >= 4 is 29.0 Å². The standard InChI is InChI=1S/C24H23NO9/c1-8-14-9(13-3-2-6-34-13)4-5-11(26)16(14)20(29)18-15(8)19(28)10-7-12(27)17(23(25)32)21(30)24(10,33)22(18)31/h2,4-6,8,10,13,15,17-19,26,28,33H,3,7H2,1H3,(H2,25,32)/t8-,10+,13?,15+,17?,18?,19+,24+/m0/s1. The first-order chi connectivity index (χ1) is 16.0. The van der Waals surface area contributed by atoms with Crippen molar-refractivity contribution in [1.29, 1.82) is 0 Å². The minimum atomic E-state index is -2.92. The lowest BCUT2D eigenvalue weighted by Gasteiger charge is -2.53. The number of carbonyl (C=O) groups excluding carboxylic acids is 5. The van der Waals surface area contributed by atoms with E-state index in [2.05, 4.69) is 0 Å². The number of amides is 1. The molecule has 5 rings (SSSR count). The van der Waals surface area contributed by atoms with Crippen LogP contribution in [0.3, 0.4) is 0 Å². The SMILES string of the molecule is C[C@H]1c2c(C3CC=CO3)ccc(O)c2C(=O)C2C(=O)[C@]3(O)C(=O)C(C(N)=O)C(=O)C[C@@H]3[C@@H](O)[C@@H]21. The van der Waals surface area contributed by atoms with Crippen molar-refractivity contribution in [3.63, 3.8) is 0 Å². The summed E-state index contributed by atoms with van der Waals surface area (Å²) in [5.74, 6) is -13.0. The highest BCUT2D eigenvalue weighted by molar-refractivity contribution is 6.31. The molecule has 3 aliphatic carbocycles. The maximum absolute atomic E-state index is 13.6. The molecule has 1 amide bonds. The van der Waals surface area contributed by atoms with Gasteiger partial charge in [-0.1, -0.05) is 13.0 Å². The van der Waals surface area contributed by atoms with Gasteiger partial charge in [-0.2, -0.15) is 0 Å². The number of aliphatic hydroxyl groups is 2. The third-order valence-electron chi connectivity index (χ3n) is 7.91. The van der Waals surface area contributed by atoms with E-state index in [0.29, 0.717) is 17.5 Å². The summed E-state index contributed by atoms with van der Waals surface area (Å²) in [6.07, 6.45) is 1.20. The van der Waals surface area contributed by atoms with Crippen LogP contribution in [0.1, 0.15) is 53.3 Å². The molecule has 10 heteroatoms. The third-order valence-corrected chi connectivity index (χ3v) is 7.91. The summed E-state index contributed by atoms with van der Waals surface area (Å²) in [6.45, 7) is 1.67. The molecule has 1 aromatic carbocycles. The first kappa shape index (κ1) is 22.4. The minimum Gasteiger partial charge on any atom is -0.507 e. The van der Waals surface area contributed by atoms with Crippen LogP contribution in [0.4, 0.5) is 0 Å². The molecule has 0 bridgehead atoms. The van der Waals surface area contributed by atoms with Crippen molar-refractivity contribution in [3.05, 3.63) is 41.2 Å². The van der Waals surface area contributed by atoms with Gasteiger partial charge < -0.3 is 25.8 Å². The number of fused-ring (bicyclic) bond motifs is 3. The maximum atomic E-state index is 13.6. The summed E-state index contributed by atoms with van der Waals surface area (Å²) in [7, 11) is 0. The molecule has 0 spiro atoms. The van der Waals surface area contributed by atoms with Gasteiger partial charge in [-0.05, 0) is 29.2 Å². The Bertz CT molecular complexity index is 1200. The summed E-state index contributed by atoms with van der Waals surface area (Å²) in [6, 6.07) is 2.93. The number of hydrogen-bond donors (Lipinski definition) is 4. The van der Waals surface area contributed by atoms with E-state index in [-0.39, 0.29) is 11.3 Å². The molecule has 1 aliphatic heterocycles. The van der Waals surface area contributed by atoms with Crippen LogP contribution in [0, 0.1) is 23.7 Å². The lowest BCUT2D eigenvalue weighted by Crippen LogP contribution is -2.72. The molecule has 178 valence electrons. The van der Waals surface area contributed by atoms with Gasteiger partial charge in [0.25, 0.3) is 0 Å². The van der Waals surface area contributed by atoms with Crippen molar-refractivity contribution in [3.8, 4) is 5.75 Å². The number of phenols is 1. The second-order valence-electron chi connectivity index (χ2n) is 9.50. The Morgan fingerprint density at radius 1 is 1.18 bits per heavy atom. The Morgan fingerprint density at radius 2 is 1.88 bits per heavy atom. The maximum Gasteiger partial charge on any atom is 0.235 e. The number of benzene rings is 1. The molecule has 1 aromatic rings. The molecule has 8 atom stereocenters. The number of Topliss-reactive ketones (excluding diaryl/α,β-unsaturated/α-hetero) is 4. The van der Waals surface area contributed by atoms with E-state index in [0.717, 1.165) is 0 Å². The van der Waals surface area contributed by atoms with Crippen LogP contribution in [0.25, 0.3) is 0 Å². The molecule has 0 aromatic heterocycles. The van der Waals surface area contributed by atoms with Gasteiger partial charge in [0.15, 0.2) is 34.7 Å². The molecule has 10 nitrogen and oxygen atoms in total. The fraction of sp³-hybridized carbons (Fsp3) is 0.458. The van der Waals surface area contributed by atoms with Crippen molar-refractivity contribution in [2.45, 2.75) is 43.5 Å². The van der Waals surface area contributed by atoms with E-state index in [1.54, 1.807) is 19.1 Å². The molecule has 4 aliphatic rings. The van der Waals surface area contributed by atoms with Crippen LogP contribution in [-0.2, 0) is 23.9 Å². The topological polar surface area (TPSA) is 181 Å². The highest BCUT2D eigenvalue weighted by Gasteiger charge is 2.70. The molecule has 5 N–H and O–H groups in total. The van der Waals surface area contributed by atoms with Crippen LogP contribution in [0.15, 0.2) is 24.5 Å².